The summed E-state index contributed by atoms with van der Waals surface area (Å²) in [6.45, 7) is 7.08. The molecule has 1 atom stereocenters. The van der Waals surface area contributed by atoms with Crippen molar-refractivity contribution in [2.45, 2.75) is 33.7 Å². The molecule has 98 valence electrons. The minimum Gasteiger partial charge on any atom is -0.344 e. The Bertz CT molecular complexity index is 444. The number of hydrogen-bond acceptors (Lipinski definition) is 3. The number of aromatic nitrogens is 1. The van der Waals surface area contributed by atoms with Gasteiger partial charge < -0.3 is 10.6 Å². The number of rotatable bonds is 4. The molecule has 5 heteroatoms. The van der Waals surface area contributed by atoms with Crippen LogP contribution in [0.4, 0.5) is 5.82 Å². The molecule has 0 radical (unpaired) electrons. The summed E-state index contributed by atoms with van der Waals surface area (Å²) in [5.74, 6) is 0.0362. The first-order valence-electron chi connectivity index (χ1n) is 5.90. The predicted octanol–water partition coefficient (Wildman–Crippen LogP) is 1.49. The Kier molecular flexibility index (Phi) is 4.83. The van der Waals surface area contributed by atoms with Gasteiger partial charge in [0.05, 0.1) is 0 Å². The van der Waals surface area contributed by atoms with Crippen molar-refractivity contribution in [3.63, 3.8) is 0 Å². The number of nitrogens with one attached hydrogen (secondary N) is 2. The Morgan fingerprint density at radius 1 is 1.33 bits per heavy atom. The second-order valence-corrected chi connectivity index (χ2v) is 4.63. The smallest absolute Gasteiger partial charge is 0.248 e. The highest BCUT2D eigenvalue weighted by atomic mass is 16.2. The van der Waals surface area contributed by atoms with E-state index >= 15 is 0 Å². The van der Waals surface area contributed by atoms with Crippen LogP contribution < -0.4 is 10.6 Å². The zero-order valence-corrected chi connectivity index (χ0v) is 11.2. The molecular weight excluding hydrogens is 230 g/mol. The Morgan fingerprint density at radius 3 is 2.50 bits per heavy atom. The Hall–Kier alpha value is -1.91. The maximum atomic E-state index is 12.0. The quantitative estimate of drug-likeness (QED) is 0.849. The van der Waals surface area contributed by atoms with E-state index in [1.54, 1.807) is 12.3 Å². The average Bonchev–Trinajstić information content (AvgIpc) is 2.25. The van der Waals surface area contributed by atoms with Crippen LogP contribution in [0.2, 0.25) is 0 Å². The lowest BCUT2D eigenvalue weighted by atomic mass is 10.0. The van der Waals surface area contributed by atoms with Crippen molar-refractivity contribution in [1.82, 2.24) is 10.3 Å². The molecule has 0 saturated carbocycles. The fraction of sp³-hybridized carbons (Fsp3) is 0.462. The zero-order chi connectivity index (χ0) is 13.7. The van der Waals surface area contributed by atoms with Gasteiger partial charge in [-0.2, -0.15) is 0 Å². The number of carbonyl (C=O) groups excluding carboxylic acids is 2. The molecule has 0 aliphatic heterocycles. The Morgan fingerprint density at radius 2 is 2.00 bits per heavy atom. The first kappa shape index (κ1) is 14.2. The molecule has 0 aliphatic rings. The molecule has 0 aromatic carbocycles. The van der Waals surface area contributed by atoms with Crippen molar-refractivity contribution in [1.29, 1.82) is 0 Å². The molecule has 1 aromatic rings. The van der Waals surface area contributed by atoms with E-state index in [-0.39, 0.29) is 17.7 Å². The summed E-state index contributed by atoms with van der Waals surface area (Å²) in [7, 11) is 0. The number of aryl methyl sites for hydroxylation is 1. The van der Waals surface area contributed by atoms with Crippen LogP contribution in [-0.2, 0) is 9.59 Å². The first-order chi connectivity index (χ1) is 8.40. The van der Waals surface area contributed by atoms with Crippen LogP contribution >= 0.6 is 0 Å². The van der Waals surface area contributed by atoms with Crippen LogP contribution in [0.3, 0.4) is 0 Å². The Balaban J connectivity index is 2.75. The summed E-state index contributed by atoms with van der Waals surface area (Å²) in [5, 5.41) is 5.34. The number of hydrogen-bond donors (Lipinski definition) is 2. The maximum Gasteiger partial charge on any atom is 0.248 e. The molecule has 0 bridgehead atoms. The molecule has 1 aromatic heterocycles. The molecule has 1 heterocycles. The van der Waals surface area contributed by atoms with Gasteiger partial charge >= 0.3 is 0 Å². The molecule has 0 aliphatic carbocycles. The molecule has 18 heavy (non-hydrogen) atoms. The van der Waals surface area contributed by atoms with E-state index in [1.165, 1.54) is 6.92 Å². The monoisotopic (exact) mass is 249 g/mol. The summed E-state index contributed by atoms with van der Waals surface area (Å²) in [4.78, 5) is 27.2. The van der Waals surface area contributed by atoms with E-state index in [0.717, 1.165) is 5.56 Å². The van der Waals surface area contributed by atoms with Gasteiger partial charge in [-0.05, 0) is 30.5 Å². The van der Waals surface area contributed by atoms with Crippen molar-refractivity contribution >= 4 is 17.6 Å². The van der Waals surface area contributed by atoms with E-state index in [0.29, 0.717) is 5.82 Å². The van der Waals surface area contributed by atoms with Gasteiger partial charge in [0, 0.05) is 13.1 Å². The minimum atomic E-state index is -0.551. The number of carbonyl (C=O) groups is 2. The van der Waals surface area contributed by atoms with Gasteiger partial charge in [0.15, 0.2) is 0 Å². The van der Waals surface area contributed by atoms with Crippen LogP contribution in [0.1, 0.15) is 26.3 Å². The second kappa shape index (κ2) is 6.14. The van der Waals surface area contributed by atoms with Gasteiger partial charge in [-0.25, -0.2) is 4.98 Å². The molecule has 0 spiro atoms. The number of anilines is 1. The van der Waals surface area contributed by atoms with E-state index in [1.807, 2.05) is 26.8 Å². The molecular formula is C13H19N3O2. The third kappa shape index (κ3) is 4.16. The van der Waals surface area contributed by atoms with Crippen LogP contribution in [0, 0.1) is 12.8 Å². The third-order valence-corrected chi connectivity index (χ3v) is 2.47. The SMILES string of the molecule is CC(=O)N[C@H](C(=O)Nc1cc(C)ccn1)C(C)C. The normalized spacial score (nSPS) is 12.1. The van der Waals surface area contributed by atoms with E-state index in [4.69, 9.17) is 0 Å². The van der Waals surface area contributed by atoms with Crippen molar-refractivity contribution in [3.8, 4) is 0 Å². The fourth-order valence-corrected chi connectivity index (χ4v) is 1.56. The van der Waals surface area contributed by atoms with Gasteiger partial charge in [-0.3, -0.25) is 9.59 Å². The van der Waals surface area contributed by atoms with Gasteiger partial charge in [0.2, 0.25) is 11.8 Å². The number of pyridine rings is 1. The maximum absolute atomic E-state index is 12.0. The van der Waals surface area contributed by atoms with Gasteiger partial charge in [0.1, 0.15) is 11.9 Å². The predicted molar refractivity (Wildman–Crippen MR) is 70.0 cm³/mol. The summed E-state index contributed by atoms with van der Waals surface area (Å²) >= 11 is 0. The van der Waals surface area contributed by atoms with Crippen molar-refractivity contribution in [2.24, 2.45) is 5.92 Å². The van der Waals surface area contributed by atoms with Crippen molar-refractivity contribution < 1.29 is 9.59 Å². The highest BCUT2D eigenvalue weighted by molar-refractivity contribution is 5.96. The zero-order valence-electron chi connectivity index (χ0n) is 11.2. The topological polar surface area (TPSA) is 71.1 Å². The largest absolute Gasteiger partial charge is 0.344 e. The van der Waals surface area contributed by atoms with Crippen LogP contribution in [0.5, 0.6) is 0 Å². The van der Waals surface area contributed by atoms with E-state index in [9.17, 15) is 9.59 Å². The Labute approximate surface area is 107 Å². The van der Waals surface area contributed by atoms with Gasteiger partial charge in [-0.1, -0.05) is 13.8 Å². The molecule has 1 rings (SSSR count). The van der Waals surface area contributed by atoms with Crippen LogP contribution in [-0.4, -0.2) is 22.8 Å². The third-order valence-electron chi connectivity index (χ3n) is 2.47. The lowest BCUT2D eigenvalue weighted by Gasteiger charge is -2.20. The highest BCUT2D eigenvalue weighted by Gasteiger charge is 2.23. The fourth-order valence-electron chi connectivity index (χ4n) is 1.56. The number of nitrogens with zero attached hydrogens (tertiary/aromatic N) is 1. The summed E-state index contributed by atoms with van der Waals surface area (Å²) in [6, 6.07) is 3.08. The number of amides is 2. The summed E-state index contributed by atoms with van der Waals surface area (Å²) in [5.41, 5.74) is 1.01. The molecule has 0 saturated heterocycles. The summed E-state index contributed by atoms with van der Waals surface area (Å²) < 4.78 is 0. The summed E-state index contributed by atoms with van der Waals surface area (Å²) in [6.07, 6.45) is 1.63. The molecule has 2 N–H and O–H groups in total. The first-order valence-corrected chi connectivity index (χ1v) is 5.90. The van der Waals surface area contributed by atoms with E-state index < -0.39 is 6.04 Å². The van der Waals surface area contributed by atoms with E-state index in [2.05, 4.69) is 15.6 Å². The molecule has 0 unspecified atom stereocenters. The average molecular weight is 249 g/mol. The molecule has 2 amide bonds. The lowest BCUT2D eigenvalue weighted by molar-refractivity contribution is -0.126. The molecule has 0 fully saturated rings. The lowest BCUT2D eigenvalue weighted by Crippen LogP contribution is -2.46. The van der Waals surface area contributed by atoms with Crippen molar-refractivity contribution in [3.05, 3.63) is 23.9 Å². The molecule has 5 nitrogen and oxygen atoms in total. The minimum absolute atomic E-state index is 0.0127. The van der Waals surface area contributed by atoms with Crippen LogP contribution in [0.25, 0.3) is 0 Å². The second-order valence-electron chi connectivity index (χ2n) is 4.63. The standard InChI is InChI=1S/C13H19N3O2/c1-8(2)12(15-10(4)17)13(18)16-11-7-9(3)5-6-14-11/h5-8,12H,1-4H3,(H,15,17)(H,14,16,18)/t12-/m0/s1. The van der Waals surface area contributed by atoms with Gasteiger partial charge in [-0.15, -0.1) is 0 Å². The van der Waals surface area contributed by atoms with Crippen molar-refractivity contribution in [2.75, 3.05) is 5.32 Å². The van der Waals surface area contributed by atoms with Crippen LogP contribution in [0.15, 0.2) is 18.3 Å². The van der Waals surface area contributed by atoms with Gasteiger partial charge in [0.25, 0.3) is 0 Å². The highest BCUT2D eigenvalue weighted by Crippen LogP contribution is 2.08.